The van der Waals surface area contributed by atoms with Gasteiger partial charge in [0, 0.05) is 12.8 Å². The zero-order valence-corrected chi connectivity index (χ0v) is 45.7. The van der Waals surface area contributed by atoms with Crippen LogP contribution in [-0.2, 0) is 23.8 Å². The average molecular weight is 1010 g/mol. The van der Waals surface area contributed by atoms with Crippen LogP contribution in [-0.4, -0.2) is 100 Å². The molecule has 1 fully saturated rings. The highest BCUT2D eigenvalue weighted by Gasteiger charge is 2.44. The van der Waals surface area contributed by atoms with Crippen molar-refractivity contribution in [3.8, 4) is 0 Å². The maximum Gasteiger partial charge on any atom is 0.305 e. The van der Waals surface area contributed by atoms with E-state index >= 15 is 0 Å². The van der Waals surface area contributed by atoms with Gasteiger partial charge in [-0.2, -0.15) is 0 Å². The molecule has 1 saturated heterocycles. The van der Waals surface area contributed by atoms with Gasteiger partial charge in [-0.15, -0.1) is 0 Å². The van der Waals surface area contributed by atoms with Gasteiger partial charge in [-0.25, -0.2) is 0 Å². The molecule has 6 N–H and O–H groups in total. The van der Waals surface area contributed by atoms with Crippen molar-refractivity contribution in [2.45, 2.75) is 314 Å². The highest BCUT2D eigenvalue weighted by atomic mass is 16.7. The SMILES string of the molecule is CCCCCCC/C=C/CC/C=C/C(O)C(COC1OC(CO)C(O)C(O)C1O)NC(=O)CCCCCCCCC/C=C\CCCCCCCCCCCCOC(=O)CCCCCCCCCCCCC. The van der Waals surface area contributed by atoms with E-state index in [2.05, 4.69) is 43.5 Å². The lowest BCUT2D eigenvalue weighted by Crippen LogP contribution is -2.60. The van der Waals surface area contributed by atoms with Crippen molar-refractivity contribution >= 4 is 11.9 Å². The molecule has 1 aliphatic heterocycles. The number of allylic oxidation sites excluding steroid dienone is 5. The first-order valence-corrected chi connectivity index (χ1v) is 29.8. The summed E-state index contributed by atoms with van der Waals surface area (Å²) in [6.07, 6.45) is 51.0. The third-order valence-corrected chi connectivity index (χ3v) is 14.0. The van der Waals surface area contributed by atoms with Crippen LogP contribution >= 0.6 is 0 Å². The number of hydrogen-bond donors (Lipinski definition) is 6. The Bertz CT molecular complexity index is 1280. The lowest BCUT2D eigenvalue weighted by atomic mass is 9.99. The predicted molar refractivity (Wildman–Crippen MR) is 292 cm³/mol. The first kappa shape index (κ1) is 66.9. The van der Waals surface area contributed by atoms with Gasteiger partial charge in [0.1, 0.15) is 24.4 Å². The van der Waals surface area contributed by atoms with Crippen molar-refractivity contribution in [3.63, 3.8) is 0 Å². The van der Waals surface area contributed by atoms with E-state index in [0.717, 1.165) is 77.0 Å². The fraction of sp³-hybridized carbons (Fsp3) is 0.867. The summed E-state index contributed by atoms with van der Waals surface area (Å²) in [7, 11) is 0. The molecule has 11 nitrogen and oxygen atoms in total. The van der Waals surface area contributed by atoms with Gasteiger partial charge in [-0.05, 0) is 70.6 Å². The van der Waals surface area contributed by atoms with Crippen LogP contribution in [0.4, 0.5) is 0 Å². The van der Waals surface area contributed by atoms with Crippen LogP contribution in [0.15, 0.2) is 36.5 Å². The van der Waals surface area contributed by atoms with E-state index in [-0.39, 0.29) is 18.5 Å². The molecule has 7 atom stereocenters. The summed E-state index contributed by atoms with van der Waals surface area (Å²) >= 11 is 0. The topological polar surface area (TPSA) is 175 Å². The number of ether oxygens (including phenoxy) is 3. The molecule has 0 radical (unpaired) electrons. The van der Waals surface area contributed by atoms with Crippen molar-refractivity contribution in [1.29, 1.82) is 0 Å². The van der Waals surface area contributed by atoms with E-state index in [1.807, 2.05) is 6.08 Å². The van der Waals surface area contributed by atoms with Crippen LogP contribution in [0.2, 0.25) is 0 Å². The fourth-order valence-corrected chi connectivity index (χ4v) is 9.21. The number of rotatable bonds is 51. The molecular weight excluding hydrogens is 895 g/mol. The Labute approximate surface area is 434 Å². The van der Waals surface area contributed by atoms with Gasteiger partial charge in [-0.1, -0.05) is 224 Å². The third kappa shape index (κ3) is 39.9. The van der Waals surface area contributed by atoms with Gasteiger partial charge in [0.05, 0.1) is 32.0 Å². The van der Waals surface area contributed by atoms with Crippen molar-refractivity contribution in [1.82, 2.24) is 5.32 Å². The molecule has 416 valence electrons. The molecule has 7 unspecified atom stereocenters. The van der Waals surface area contributed by atoms with Crippen molar-refractivity contribution in [2.75, 3.05) is 19.8 Å². The van der Waals surface area contributed by atoms with Gasteiger partial charge in [0.15, 0.2) is 6.29 Å². The molecule has 0 aliphatic carbocycles. The van der Waals surface area contributed by atoms with Gasteiger partial charge < -0.3 is 45.1 Å². The second-order valence-corrected chi connectivity index (χ2v) is 20.7. The highest BCUT2D eigenvalue weighted by molar-refractivity contribution is 5.76. The predicted octanol–water partition coefficient (Wildman–Crippen LogP) is 13.5. The maximum absolute atomic E-state index is 13.0. The van der Waals surface area contributed by atoms with E-state index in [1.165, 1.54) is 167 Å². The smallest absolute Gasteiger partial charge is 0.305 e. The summed E-state index contributed by atoms with van der Waals surface area (Å²) in [4.78, 5) is 25.0. The Kier molecular flexibility index (Phi) is 47.2. The quantitative estimate of drug-likeness (QED) is 0.0195. The number of nitrogens with one attached hydrogen (secondary N) is 1. The van der Waals surface area contributed by atoms with Gasteiger partial charge in [0.2, 0.25) is 5.91 Å². The van der Waals surface area contributed by atoms with Crippen LogP contribution in [0, 0.1) is 0 Å². The molecule has 0 saturated carbocycles. The molecule has 1 rings (SSSR count). The van der Waals surface area contributed by atoms with E-state index < -0.39 is 49.5 Å². The minimum atomic E-state index is -1.58. The molecule has 11 heteroatoms. The van der Waals surface area contributed by atoms with Crippen molar-refractivity contribution in [2.24, 2.45) is 0 Å². The van der Waals surface area contributed by atoms with Crippen LogP contribution < -0.4 is 5.32 Å². The highest BCUT2D eigenvalue weighted by Crippen LogP contribution is 2.23. The van der Waals surface area contributed by atoms with Crippen molar-refractivity contribution in [3.05, 3.63) is 36.5 Å². The Morgan fingerprint density at radius 2 is 0.915 bits per heavy atom. The second-order valence-electron chi connectivity index (χ2n) is 20.7. The summed E-state index contributed by atoms with van der Waals surface area (Å²) in [6.45, 7) is 4.29. The molecule has 0 spiro atoms. The monoisotopic (exact) mass is 1010 g/mol. The number of aliphatic hydroxyl groups is 5. The van der Waals surface area contributed by atoms with E-state index in [4.69, 9.17) is 14.2 Å². The zero-order chi connectivity index (χ0) is 51.7. The molecule has 0 aromatic carbocycles. The van der Waals surface area contributed by atoms with Gasteiger partial charge in [-0.3, -0.25) is 9.59 Å². The number of amides is 1. The molecule has 1 heterocycles. The first-order chi connectivity index (χ1) is 34.7. The number of aliphatic hydroxyl groups excluding tert-OH is 5. The largest absolute Gasteiger partial charge is 0.466 e. The molecule has 1 aliphatic rings. The molecule has 0 bridgehead atoms. The summed E-state index contributed by atoms with van der Waals surface area (Å²) in [6, 6.07) is -0.832. The van der Waals surface area contributed by atoms with E-state index in [1.54, 1.807) is 6.08 Å². The first-order valence-electron chi connectivity index (χ1n) is 29.8. The normalized spacial score (nSPS) is 19.3. The zero-order valence-electron chi connectivity index (χ0n) is 45.7. The summed E-state index contributed by atoms with van der Waals surface area (Å²) < 4.78 is 16.7. The fourth-order valence-electron chi connectivity index (χ4n) is 9.21. The Morgan fingerprint density at radius 3 is 1.39 bits per heavy atom. The number of unbranched alkanes of at least 4 members (excludes halogenated alkanes) is 33. The Morgan fingerprint density at radius 1 is 0.507 bits per heavy atom. The Hall–Kier alpha value is -2.12. The van der Waals surface area contributed by atoms with Crippen LogP contribution in [0.25, 0.3) is 0 Å². The number of esters is 1. The van der Waals surface area contributed by atoms with E-state index in [9.17, 15) is 35.1 Å². The summed E-state index contributed by atoms with van der Waals surface area (Å²) in [5, 5.41) is 54.2. The second kappa shape index (κ2) is 50.1. The molecule has 71 heavy (non-hydrogen) atoms. The lowest BCUT2D eigenvalue weighted by Gasteiger charge is -2.40. The maximum atomic E-state index is 13.0. The molecule has 0 aromatic heterocycles. The number of hydrogen-bond acceptors (Lipinski definition) is 10. The van der Waals surface area contributed by atoms with Crippen LogP contribution in [0.1, 0.15) is 271 Å². The Balaban J connectivity index is 2.07. The standard InChI is InChI=1S/C60H111NO10/c1-3-5-7-9-11-13-26-30-34-38-42-46-53(63)52(51-70-60-59(68)58(67)57(66)54(50-62)71-60)61-55(64)47-43-39-35-31-28-24-22-20-18-16-15-17-19-21-23-25-29-33-37-41-45-49-69-56(65)48-44-40-36-32-27-14-12-10-8-6-4-2/h16,18,26,30,42,46,52-54,57-60,62-63,66-68H,3-15,17,19-25,27-29,31-41,43-45,47-51H2,1-2H3,(H,61,64)/b18-16-,30-26+,46-42+. The molecular formula is C60H111NO10. The van der Waals surface area contributed by atoms with Gasteiger partial charge in [0.25, 0.3) is 0 Å². The lowest BCUT2D eigenvalue weighted by molar-refractivity contribution is -0.302. The number of carbonyl (C=O) groups excluding carboxylic acids is 2. The average Bonchev–Trinajstić information content (AvgIpc) is 3.37. The molecule has 1 amide bonds. The molecule has 0 aromatic rings. The van der Waals surface area contributed by atoms with Crippen LogP contribution in [0.5, 0.6) is 0 Å². The van der Waals surface area contributed by atoms with E-state index in [0.29, 0.717) is 19.4 Å². The summed E-state index contributed by atoms with van der Waals surface area (Å²) in [5.74, 6) is -0.207. The van der Waals surface area contributed by atoms with Crippen LogP contribution in [0.3, 0.4) is 0 Å². The minimum absolute atomic E-state index is 0.00608. The number of carbonyl (C=O) groups is 2. The van der Waals surface area contributed by atoms with Gasteiger partial charge >= 0.3 is 5.97 Å². The summed E-state index contributed by atoms with van der Waals surface area (Å²) in [5.41, 5.74) is 0. The van der Waals surface area contributed by atoms with Crippen molar-refractivity contribution < 1.29 is 49.3 Å². The third-order valence-electron chi connectivity index (χ3n) is 14.0. The minimum Gasteiger partial charge on any atom is -0.466 e.